The van der Waals surface area contributed by atoms with Crippen molar-refractivity contribution in [3.05, 3.63) is 35.0 Å². The summed E-state index contributed by atoms with van der Waals surface area (Å²) in [6.07, 6.45) is 0. The van der Waals surface area contributed by atoms with Crippen LogP contribution in [0, 0.1) is 0 Å². The van der Waals surface area contributed by atoms with E-state index in [0.29, 0.717) is 10.7 Å². The highest BCUT2D eigenvalue weighted by Crippen LogP contribution is 2.15. The maximum Gasteiger partial charge on any atom is 0.360 e. The van der Waals surface area contributed by atoms with Crippen LogP contribution in [0.25, 0.3) is 5.69 Å². The fourth-order valence-electron chi connectivity index (χ4n) is 1.31. The maximum absolute atomic E-state index is 10.9. The van der Waals surface area contributed by atoms with Gasteiger partial charge in [0.2, 0.25) is 5.69 Å². The Hall–Kier alpha value is -2.08. The number of nitrogens with zero attached hydrogens (tertiary/aromatic N) is 3. The molecule has 0 radical (unpaired) electrons. The summed E-state index contributed by atoms with van der Waals surface area (Å²) < 4.78 is 0. The normalized spacial score (nSPS) is 10.2. The van der Waals surface area contributed by atoms with Gasteiger partial charge in [-0.1, -0.05) is 11.6 Å². The predicted molar refractivity (Wildman–Crippen MR) is 62.9 cm³/mol. The van der Waals surface area contributed by atoms with E-state index in [4.69, 9.17) is 16.7 Å². The van der Waals surface area contributed by atoms with E-state index in [1.165, 1.54) is 4.80 Å². The second-order valence-corrected chi connectivity index (χ2v) is 3.65. The van der Waals surface area contributed by atoms with Gasteiger partial charge in [0.25, 0.3) is 0 Å². The van der Waals surface area contributed by atoms with Crippen LogP contribution in [0.3, 0.4) is 0 Å². The standard InChI is InChI=1S/C10H9ClN4O2/c1-12-9-8(10(16)17)13-15(14-9)7-4-2-6(11)3-5-7/h2-5H,1H3,(H,12,14)(H,16,17). The minimum Gasteiger partial charge on any atom is -0.476 e. The molecule has 1 heterocycles. The molecular weight excluding hydrogens is 244 g/mol. The number of carboxylic acid groups (broad SMARTS) is 1. The predicted octanol–water partition coefficient (Wildman–Crippen LogP) is 1.66. The van der Waals surface area contributed by atoms with E-state index >= 15 is 0 Å². The summed E-state index contributed by atoms with van der Waals surface area (Å²) in [4.78, 5) is 12.1. The van der Waals surface area contributed by atoms with Gasteiger partial charge in [-0.25, -0.2) is 4.79 Å². The largest absolute Gasteiger partial charge is 0.476 e. The highest BCUT2D eigenvalue weighted by atomic mass is 35.5. The molecule has 0 saturated carbocycles. The maximum atomic E-state index is 10.9. The molecule has 0 fully saturated rings. The molecule has 0 amide bonds. The second-order valence-electron chi connectivity index (χ2n) is 3.22. The lowest BCUT2D eigenvalue weighted by Gasteiger charge is -1.98. The molecule has 7 heteroatoms. The average Bonchev–Trinajstić information content (AvgIpc) is 2.74. The van der Waals surface area contributed by atoms with Gasteiger partial charge in [-0.05, 0) is 24.3 Å². The number of rotatable bonds is 3. The topological polar surface area (TPSA) is 80.0 Å². The Morgan fingerprint density at radius 3 is 2.47 bits per heavy atom. The summed E-state index contributed by atoms with van der Waals surface area (Å²) in [6.45, 7) is 0. The molecule has 0 aliphatic rings. The van der Waals surface area contributed by atoms with E-state index in [1.807, 2.05) is 0 Å². The molecule has 0 saturated heterocycles. The number of halogens is 1. The Bertz CT molecular complexity index is 550. The first-order valence-electron chi connectivity index (χ1n) is 4.76. The van der Waals surface area contributed by atoms with Crippen molar-refractivity contribution in [1.82, 2.24) is 15.0 Å². The Kier molecular flexibility index (Phi) is 2.97. The summed E-state index contributed by atoms with van der Waals surface area (Å²) in [5.41, 5.74) is 0.515. The first-order valence-corrected chi connectivity index (χ1v) is 5.14. The highest BCUT2D eigenvalue weighted by molar-refractivity contribution is 6.30. The van der Waals surface area contributed by atoms with Gasteiger partial charge >= 0.3 is 5.97 Å². The van der Waals surface area contributed by atoms with E-state index in [1.54, 1.807) is 31.3 Å². The van der Waals surface area contributed by atoms with E-state index in [9.17, 15) is 4.79 Å². The van der Waals surface area contributed by atoms with Crippen molar-refractivity contribution in [1.29, 1.82) is 0 Å². The Balaban J connectivity index is 2.46. The molecule has 6 nitrogen and oxygen atoms in total. The zero-order chi connectivity index (χ0) is 12.4. The molecule has 0 aliphatic carbocycles. The van der Waals surface area contributed by atoms with Crippen molar-refractivity contribution in [3.63, 3.8) is 0 Å². The van der Waals surface area contributed by atoms with Crippen LogP contribution in [0.2, 0.25) is 5.02 Å². The van der Waals surface area contributed by atoms with Crippen LogP contribution < -0.4 is 5.32 Å². The quantitative estimate of drug-likeness (QED) is 0.868. The lowest BCUT2D eigenvalue weighted by Crippen LogP contribution is -2.02. The summed E-state index contributed by atoms with van der Waals surface area (Å²) in [6, 6.07) is 6.76. The van der Waals surface area contributed by atoms with Crippen molar-refractivity contribution in [2.24, 2.45) is 0 Å². The molecule has 0 aliphatic heterocycles. The van der Waals surface area contributed by atoms with E-state index in [2.05, 4.69) is 15.5 Å². The lowest BCUT2D eigenvalue weighted by molar-refractivity contribution is 0.0691. The summed E-state index contributed by atoms with van der Waals surface area (Å²) in [7, 11) is 1.59. The number of carbonyl (C=O) groups is 1. The molecule has 1 aromatic carbocycles. The summed E-state index contributed by atoms with van der Waals surface area (Å²) in [5, 5.41) is 20.1. The zero-order valence-corrected chi connectivity index (χ0v) is 9.64. The number of aromatic nitrogens is 3. The molecule has 2 rings (SSSR count). The van der Waals surface area contributed by atoms with Gasteiger partial charge < -0.3 is 10.4 Å². The molecule has 0 unspecified atom stereocenters. The Morgan fingerprint density at radius 1 is 1.35 bits per heavy atom. The minimum atomic E-state index is -1.13. The number of aromatic carboxylic acids is 1. The first-order chi connectivity index (χ1) is 8.11. The zero-order valence-electron chi connectivity index (χ0n) is 8.88. The van der Waals surface area contributed by atoms with Crippen molar-refractivity contribution >= 4 is 23.4 Å². The van der Waals surface area contributed by atoms with Crippen LogP contribution in [0.1, 0.15) is 10.5 Å². The molecule has 17 heavy (non-hydrogen) atoms. The number of nitrogens with one attached hydrogen (secondary N) is 1. The van der Waals surface area contributed by atoms with Gasteiger partial charge in [-0.15, -0.1) is 15.0 Å². The molecule has 0 atom stereocenters. The number of benzene rings is 1. The van der Waals surface area contributed by atoms with Crippen molar-refractivity contribution in [2.45, 2.75) is 0 Å². The number of anilines is 1. The van der Waals surface area contributed by atoms with Crippen LogP contribution in [0.15, 0.2) is 24.3 Å². The Morgan fingerprint density at radius 2 is 2.00 bits per heavy atom. The van der Waals surface area contributed by atoms with Gasteiger partial charge in [-0.2, -0.15) is 0 Å². The van der Waals surface area contributed by atoms with Crippen molar-refractivity contribution < 1.29 is 9.90 Å². The number of hydrogen-bond donors (Lipinski definition) is 2. The van der Waals surface area contributed by atoms with E-state index in [-0.39, 0.29) is 11.5 Å². The van der Waals surface area contributed by atoms with Gasteiger partial charge in [0.15, 0.2) is 5.82 Å². The number of carboxylic acids is 1. The molecule has 2 N–H and O–H groups in total. The van der Waals surface area contributed by atoms with E-state index < -0.39 is 5.97 Å². The third-order valence-electron chi connectivity index (χ3n) is 2.11. The van der Waals surface area contributed by atoms with Crippen LogP contribution in [-0.4, -0.2) is 33.1 Å². The van der Waals surface area contributed by atoms with Crippen LogP contribution in [-0.2, 0) is 0 Å². The minimum absolute atomic E-state index is 0.123. The van der Waals surface area contributed by atoms with Gasteiger partial charge in [0.05, 0.1) is 5.69 Å². The monoisotopic (exact) mass is 252 g/mol. The van der Waals surface area contributed by atoms with Crippen LogP contribution in [0.4, 0.5) is 5.82 Å². The fourth-order valence-corrected chi connectivity index (χ4v) is 1.43. The smallest absolute Gasteiger partial charge is 0.360 e. The molecule has 1 aromatic heterocycles. The van der Waals surface area contributed by atoms with Gasteiger partial charge in [0, 0.05) is 12.1 Å². The van der Waals surface area contributed by atoms with Gasteiger partial charge in [-0.3, -0.25) is 0 Å². The molecule has 0 bridgehead atoms. The van der Waals surface area contributed by atoms with Crippen LogP contribution in [0.5, 0.6) is 0 Å². The Labute approximate surface area is 102 Å². The van der Waals surface area contributed by atoms with Crippen molar-refractivity contribution in [3.8, 4) is 5.69 Å². The lowest BCUT2D eigenvalue weighted by atomic mass is 10.3. The second kappa shape index (κ2) is 4.42. The first kappa shape index (κ1) is 11.4. The molecular formula is C10H9ClN4O2. The van der Waals surface area contributed by atoms with Crippen molar-refractivity contribution in [2.75, 3.05) is 12.4 Å². The average molecular weight is 253 g/mol. The third kappa shape index (κ3) is 2.21. The summed E-state index contributed by atoms with van der Waals surface area (Å²) in [5.74, 6) is -0.915. The molecule has 0 spiro atoms. The van der Waals surface area contributed by atoms with Crippen LogP contribution >= 0.6 is 11.6 Å². The highest BCUT2D eigenvalue weighted by Gasteiger charge is 2.17. The third-order valence-corrected chi connectivity index (χ3v) is 2.36. The molecule has 88 valence electrons. The molecule has 2 aromatic rings. The van der Waals surface area contributed by atoms with Gasteiger partial charge in [0.1, 0.15) is 0 Å². The summed E-state index contributed by atoms with van der Waals surface area (Å²) >= 11 is 5.76. The number of hydrogen-bond acceptors (Lipinski definition) is 4. The SMILES string of the molecule is CNc1nn(-c2ccc(Cl)cc2)nc1C(=O)O. The fraction of sp³-hybridized carbons (Fsp3) is 0.100. The van der Waals surface area contributed by atoms with E-state index in [0.717, 1.165) is 0 Å².